The van der Waals surface area contributed by atoms with Gasteiger partial charge in [0.05, 0.1) is 0 Å². The average Bonchev–Trinajstić information content (AvgIpc) is 2.93. The van der Waals surface area contributed by atoms with Crippen LogP contribution in [-0.2, 0) is 9.59 Å². The number of carbonyl (C=O) groups excluding carboxylic acids is 2. The zero-order valence-electron chi connectivity index (χ0n) is 9.79. The monoisotopic (exact) mass is 224 g/mol. The third-order valence-electron chi connectivity index (χ3n) is 4.14. The lowest BCUT2D eigenvalue weighted by atomic mass is 9.84. The lowest BCUT2D eigenvalue weighted by Gasteiger charge is -2.22. The summed E-state index contributed by atoms with van der Waals surface area (Å²) in [4.78, 5) is 22.7. The summed E-state index contributed by atoms with van der Waals surface area (Å²) in [5.74, 6) is -0.311. The number of carbonyl (C=O) groups is 2. The molecule has 2 fully saturated rings. The van der Waals surface area contributed by atoms with Crippen molar-refractivity contribution in [3.63, 3.8) is 0 Å². The molecule has 0 bridgehead atoms. The minimum absolute atomic E-state index is 0.0215. The second-order valence-corrected chi connectivity index (χ2v) is 5.31. The molecule has 0 aliphatic heterocycles. The van der Waals surface area contributed by atoms with Crippen LogP contribution in [0.1, 0.15) is 45.4 Å². The van der Waals surface area contributed by atoms with Crippen molar-refractivity contribution in [2.75, 3.05) is 0 Å². The maximum absolute atomic E-state index is 11.9. The Morgan fingerprint density at radius 2 is 1.94 bits per heavy atom. The van der Waals surface area contributed by atoms with Crippen LogP contribution in [0.2, 0.25) is 0 Å². The van der Waals surface area contributed by atoms with Gasteiger partial charge in [-0.25, -0.2) is 0 Å². The molecule has 4 nitrogen and oxygen atoms in total. The molecule has 3 N–H and O–H groups in total. The topological polar surface area (TPSA) is 72.2 Å². The first kappa shape index (κ1) is 11.4. The fourth-order valence-corrected chi connectivity index (χ4v) is 2.91. The molecule has 2 rings (SSSR count). The van der Waals surface area contributed by atoms with Crippen LogP contribution < -0.4 is 11.1 Å². The number of rotatable bonds is 3. The molecule has 2 aliphatic carbocycles. The van der Waals surface area contributed by atoms with Crippen molar-refractivity contribution in [2.24, 2.45) is 17.1 Å². The van der Waals surface area contributed by atoms with E-state index in [1.54, 1.807) is 6.92 Å². The van der Waals surface area contributed by atoms with Crippen LogP contribution in [0.4, 0.5) is 0 Å². The van der Waals surface area contributed by atoms with E-state index in [1.165, 1.54) is 32.1 Å². The molecule has 2 saturated carbocycles. The minimum Gasteiger partial charge on any atom is -0.368 e. The highest BCUT2D eigenvalue weighted by Gasteiger charge is 2.57. The highest BCUT2D eigenvalue weighted by Crippen LogP contribution is 2.61. The molecule has 16 heavy (non-hydrogen) atoms. The molecular formula is C12H20N2O2. The summed E-state index contributed by atoms with van der Waals surface area (Å²) in [5.41, 5.74) is 5.40. The Morgan fingerprint density at radius 1 is 1.31 bits per heavy atom. The average molecular weight is 224 g/mol. The van der Waals surface area contributed by atoms with Crippen molar-refractivity contribution in [1.29, 1.82) is 0 Å². The highest BCUT2D eigenvalue weighted by atomic mass is 16.2. The van der Waals surface area contributed by atoms with Crippen molar-refractivity contribution in [1.82, 2.24) is 5.32 Å². The highest BCUT2D eigenvalue weighted by molar-refractivity contribution is 5.89. The predicted molar refractivity (Wildman–Crippen MR) is 60.4 cm³/mol. The Labute approximate surface area is 96.0 Å². The van der Waals surface area contributed by atoms with Crippen molar-refractivity contribution in [3.8, 4) is 0 Å². The summed E-state index contributed by atoms with van der Waals surface area (Å²) in [7, 11) is 0. The van der Waals surface area contributed by atoms with Crippen molar-refractivity contribution < 1.29 is 9.59 Å². The Bertz CT molecular complexity index is 308. The molecular weight excluding hydrogens is 204 g/mol. The quantitative estimate of drug-likeness (QED) is 0.749. The Morgan fingerprint density at radius 3 is 2.50 bits per heavy atom. The smallest absolute Gasteiger partial charge is 0.239 e. The fourth-order valence-electron chi connectivity index (χ4n) is 2.91. The van der Waals surface area contributed by atoms with Gasteiger partial charge in [0.2, 0.25) is 11.8 Å². The zero-order valence-corrected chi connectivity index (χ0v) is 9.79. The standard InChI is InChI=1S/C12H20N2O2/c1-8(10(13)15)14-11(16)9-7-12(9)5-3-2-4-6-12/h8-9H,2-7H2,1H3,(H2,13,15)(H,14,16)/t8-,9-/m0/s1. The van der Waals surface area contributed by atoms with E-state index in [0.29, 0.717) is 0 Å². The molecule has 2 aliphatic rings. The predicted octanol–water partition coefficient (Wildman–Crippen LogP) is 0.947. The van der Waals surface area contributed by atoms with Crippen LogP contribution >= 0.6 is 0 Å². The maximum Gasteiger partial charge on any atom is 0.239 e. The lowest BCUT2D eigenvalue weighted by Crippen LogP contribution is -2.43. The van der Waals surface area contributed by atoms with Crippen LogP contribution in [0.5, 0.6) is 0 Å². The fraction of sp³-hybridized carbons (Fsp3) is 0.833. The number of primary amides is 1. The maximum atomic E-state index is 11.9. The van der Waals surface area contributed by atoms with E-state index in [2.05, 4.69) is 5.32 Å². The normalized spacial score (nSPS) is 28.4. The van der Waals surface area contributed by atoms with Crippen molar-refractivity contribution in [3.05, 3.63) is 0 Å². The first-order valence-electron chi connectivity index (χ1n) is 6.15. The minimum atomic E-state index is -0.547. The Hall–Kier alpha value is -1.06. The van der Waals surface area contributed by atoms with E-state index in [0.717, 1.165) is 6.42 Å². The Kier molecular flexibility index (Phi) is 2.91. The summed E-state index contributed by atoms with van der Waals surface area (Å²) in [5, 5.41) is 2.70. The molecule has 0 aromatic carbocycles. The lowest BCUT2D eigenvalue weighted by molar-refractivity contribution is -0.128. The summed E-state index contributed by atoms with van der Waals surface area (Å²) < 4.78 is 0. The molecule has 0 radical (unpaired) electrons. The molecule has 0 heterocycles. The SMILES string of the molecule is C[C@H](NC(=O)[C@@H]1CC12CCCCC2)C(N)=O. The molecule has 0 saturated heterocycles. The van der Waals surface area contributed by atoms with Crippen LogP contribution in [0.15, 0.2) is 0 Å². The second kappa shape index (κ2) is 4.07. The van der Waals surface area contributed by atoms with Gasteiger partial charge in [-0.05, 0) is 31.6 Å². The van der Waals surface area contributed by atoms with E-state index >= 15 is 0 Å². The summed E-state index contributed by atoms with van der Waals surface area (Å²) >= 11 is 0. The molecule has 0 aromatic heterocycles. The molecule has 90 valence electrons. The molecule has 0 aromatic rings. The van der Waals surface area contributed by atoms with Gasteiger partial charge >= 0.3 is 0 Å². The van der Waals surface area contributed by atoms with Gasteiger partial charge in [-0.3, -0.25) is 9.59 Å². The van der Waals surface area contributed by atoms with Crippen LogP contribution in [-0.4, -0.2) is 17.9 Å². The van der Waals surface area contributed by atoms with Gasteiger partial charge in [0.25, 0.3) is 0 Å². The first-order chi connectivity index (χ1) is 7.55. The first-order valence-corrected chi connectivity index (χ1v) is 6.15. The summed E-state index contributed by atoms with van der Waals surface area (Å²) in [6.45, 7) is 1.64. The van der Waals surface area contributed by atoms with Gasteiger partial charge in [0, 0.05) is 5.92 Å². The van der Waals surface area contributed by atoms with Gasteiger partial charge in [-0.15, -0.1) is 0 Å². The van der Waals surface area contributed by atoms with Gasteiger partial charge in [-0.1, -0.05) is 19.3 Å². The van der Waals surface area contributed by atoms with Crippen molar-refractivity contribution in [2.45, 2.75) is 51.5 Å². The van der Waals surface area contributed by atoms with E-state index < -0.39 is 11.9 Å². The molecule has 2 atom stereocenters. The zero-order chi connectivity index (χ0) is 11.8. The van der Waals surface area contributed by atoms with Crippen LogP contribution in [0, 0.1) is 11.3 Å². The number of hydrogen-bond acceptors (Lipinski definition) is 2. The number of amides is 2. The number of hydrogen-bond donors (Lipinski definition) is 2. The Balaban J connectivity index is 1.86. The van der Waals surface area contributed by atoms with Gasteiger partial charge < -0.3 is 11.1 Å². The largest absolute Gasteiger partial charge is 0.368 e. The number of nitrogens with two attached hydrogens (primary N) is 1. The van der Waals surface area contributed by atoms with Gasteiger partial charge in [0.1, 0.15) is 6.04 Å². The van der Waals surface area contributed by atoms with Crippen molar-refractivity contribution >= 4 is 11.8 Å². The van der Waals surface area contributed by atoms with Crippen LogP contribution in [0.3, 0.4) is 0 Å². The van der Waals surface area contributed by atoms with Gasteiger partial charge in [0.15, 0.2) is 0 Å². The summed E-state index contributed by atoms with van der Waals surface area (Å²) in [6.07, 6.45) is 7.15. The second-order valence-electron chi connectivity index (χ2n) is 5.31. The molecule has 4 heteroatoms. The molecule has 1 spiro atoms. The third kappa shape index (κ3) is 2.06. The van der Waals surface area contributed by atoms with E-state index in [9.17, 15) is 9.59 Å². The van der Waals surface area contributed by atoms with E-state index in [-0.39, 0.29) is 17.2 Å². The molecule has 0 unspecified atom stereocenters. The summed E-state index contributed by atoms with van der Waals surface area (Å²) in [6, 6.07) is -0.547. The third-order valence-corrected chi connectivity index (χ3v) is 4.14. The van der Waals surface area contributed by atoms with E-state index in [1.807, 2.05) is 0 Å². The van der Waals surface area contributed by atoms with E-state index in [4.69, 9.17) is 5.73 Å². The molecule has 2 amide bonds. The number of nitrogens with one attached hydrogen (secondary N) is 1. The van der Waals surface area contributed by atoms with Gasteiger partial charge in [-0.2, -0.15) is 0 Å². The van der Waals surface area contributed by atoms with Crippen LogP contribution in [0.25, 0.3) is 0 Å².